The number of alkyl halides is 3. The molecule has 0 heterocycles. The van der Waals surface area contributed by atoms with Crippen LogP contribution >= 0.6 is 0 Å². The predicted octanol–water partition coefficient (Wildman–Crippen LogP) is 2.88. The predicted molar refractivity (Wildman–Crippen MR) is 73.1 cm³/mol. The third-order valence-corrected chi connectivity index (χ3v) is 3.27. The summed E-state index contributed by atoms with van der Waals surface area (Å²) in [4.78, 5) is 2.21. The zero-order valence-electron chi connectivity index (χ0n) is 11.5. The molecule has 21 heavy (non-hydrogen) atoms. The first kappa shape index (κ1) is 15.6. The molecular weight excluding hydrogens is 283 g/mol. The molecule has 1 aliphatic rings. The fraction of sp³-hybridized carbons (Fsp3) is 0.500. The Morgan fingerprint density at radius 2 is 1.90 bits per heavy atom. The van der Waals surface area contributed by atoms with Gasteiger partial charge >= 0.3 is 6.36 Å². The SMILES string of the molecule is N=C(N)CCN(Cc1ccc(OC(F)(F)F)cc1)C1CC1. The van der Waals surface area contributed by atoms with E-state index in [9.17, 15) is 13.2 Å². The van der Waals surface area contributed by atoms with E-state index in [0.717, 1.165) is 18.4 Å². The molecule has 0 atom stereocenters. The lowest BCUT2D eigenvalue weighted by Gasteiger charge is -2.22. The van der Waals surface area contributed by atoms with Gasteiger partial charge in [0, 0.05) is 25.6 Å². The fourth-order valence-corrected chi connectivity index (χ4v) is 2.13. The van der Waals surface area contributed by atoms with Gasteiger partial charge in [0.2, 0.25) is 0 Å². The third kappa shape index (κ3) is 5.63. The average molecular weight is 301 g/mol. The molecule has 1 fully saturated rings. The Morgan fingerprint density at radius 3 is 2.38 bits per heavy atom. The van der Waals surface area contributed by atoms with Crippen molar-refractivity contribution in [2.45, 2.75) is 38.2 Å². The first-order chi connectivity index (χ1) is 9.83. The van der Waals surface area contributed by atoms with Gasteiger partial charge in [-0.25, -0.2) is 0 Å². The summed E-state index contributed by atoms with van der Waals surface area (Å²) in [5, 5.41) is 7.27. The molecule has 1 aliphatic carbocycles. The average Bonchev–Trinajstić information content (AvgIpc) is 3.18. The summed E-state index contributed by atoms with van der Waals surface area (Å²) >= 11 is 0. The van der Waals surface area contributed by atoms with Gasteiger partial charge in [0.05, 0.1) is 5.84 Å². The zero-order valence-corrected chi connectivity index (χ0v) is 11.5. The topological polar surface area (TPSA) is 62.3 Å². The molecule has 1 saturated carbocycles. The maximum absolute atomic E-state index is 12.1. The highest BCUT2D eigenvalue weighted by molar-refractivity contribution is 5.76. The highest BCUT2D eigenvalue weighted by Gasteiger charge is 2.31. The Balaban J connectivity index is 1.92. The van der Waals surface area contributed by atoms with Crippen molar-refractivity contribution in [3.63, 3.8) is 0 Å². The van der Waals surface area contributed by atoms with Crippen LogP contribution in [0.2, 0.25) is 0 Å². The van der Waals surface area contributed by atoms with Crippen molar-refractivity contribution < 1.29 is 17.9 Å². The maximum atomic E-state index is 12.1. The first-order valence-corrected chi connectivity index (χ1v) is 6.75. The van der Waals surface area contributed by atoms with E-state index in [1.54, 1.807) is 12.1 Å². The molecule has 1 aromatic rings. The van der Waals surface area contributed by atoms with E-state index >= 15 is 0 Å². The van der Waals surface area contributed by atoms with Crippen LogP contribution in [0, 0.1) is 5.41 Å². The number of hydrogen-bond acceptors (Lipinski definition) is 3. The maximum Gasteiger partial charge on any atom is 0.573 e. The second-order valence-corrected chi connectivity index (χ2v) is 5.17. The molecule has 0 bridgehead atoms. The van der Waals surface area contributed by atoms with Gasteiger partial charge in [0.1, 0.15) is 5.75 Å². The number of amidine groups is 1. The summed E-state index contributed by atoms with van der Waals surface area (Å²) in [7, 11) is 0. The van der Waals surface area contributed by atoms with Crippen LogP contribution in [-0.2, 0) is 6.54 Å². The number of nitrogens with zero attached hydrogens (tertiary/aromatic N) is 1. The van der Waals surface area contributed by atoms with Gasteiger partial charge in [-0.2, -0.15) is 0 Å². The lowest BCUT2D eigenvalue weighted by molar-refractivity contribution is -0.274. The highest BCUT2D eigenvalue weighted by atomic mass is 19.4. The van der Waals surface area contributed by atoms with Crippen molar-refractivity contribution in [1.82, 2.24) is 4.90 Å². The van der Waals surface area contributed by atoms with Crippen LogP contribution < -0.4 is 10.5 Å². The molecule has 0 aliphatic heterocycles. The zero-order chi connectivity index (χ0) is 15.5. The lowest BCUT2D eigenvalue weighted by Crippen LogP contribution is -2.29. The van der Waals surface area contributed by atoms with Crippen LogP contribution in [0.1, 0.15) is 24.8 Å². The standard InChI is InChI=1S/C14H18F3N3O/c15-14(16,17)21-12-5-1-10(2-6-12)9-20(11-3-4-11)8-7-13(18)19/h1-2,5-6,11H,3-4,7-9H2,(H3,18,19). The second-order valence-electron chi connectivity index (χ2n) is 5.17. The summed E-state index contributed by atoms with van der Waals surface area (Å²) in [5.41, 5.74) is 6.28. The van der Waals surface area contributed by atoms with Crippen LogP contribution in [0.15, 0.2) is 24.3 Å². The van der Waals surface area contributed by atoms with Gasteiger partial charge in [-0.3, -0.25) is 10.3 Å². The van der Waals surface area contributed by atoms with E-state index in [0.29, 0.717) is 25.6 Å². The molecule has 2 rings (SSSR count). The number of nitrogens with one attached hydrogen (secondary N) is 1. The van der Waals surface area contributed by atoms with Crippen LogP contribution in [0.25, 0.3) is 0 Å². The van der Waals surface area contributed by atoms with Crippen molar-refractivity contribution in [1.29, 1.82) is 5.41 Å². The largest absolute Gasteiger partial charge is 0.573 e. The van der Waals surface area contributed by atoms with Crippen LogP contribution in [0.5, 0.6) is 5.75 Å². The summed E-state index contributed by atoms with van der Waals surface area (Å²) < 4.78 is 40.1. The van der Waals surface area contributed by atoms with Crippen molar-refractivity contribution in [3.05, 3.63) is 29.8 Å². The minimum absolute atomic E-state index is 0.148. The molecule has 7 heteroatoms. The number of ether oxygens (including phenoxy) is 1. The quantitative estimate of drug-likeness (QED) is 0.601. The minimum atomic E-state index is -4.66. The van der Waals surface area contributed by atoms with E-state index in [1.807, 2.05) is 0 Å². The lowest BCUT2D eigenvalue weighted by atomic mass is 10.2. The van der Waals surface area contributed by atoms with E-state index in [4.69, 9.17) is 11.1 Å². The Bertz CT molecular complexity index is 483. The van der Waals surface area contributed by atoms with Gasteiger partial charge in [-0.15, -0.1) is 13.2 Å². The van der Waals surface area contributed by atoms with Gasteiger partial charge in [0.15, 0.2) is 0 Å². The molecule has 0 radical (unpaired) electrons. The molecule has 3 N–H and O–H groups in total. The monoisotopic (exact) mass is 301 g/mol. The summed E-state index contributed by atoms with van der Waals surface area (Å²) in [6, 6.07) is 6.39. The normalized spacial score (nSPS) is 15.2. The smallest absolute Gasteiger partial charge is 0.406 e. The van der Waals surface area contributed by atoms with E-state index in [1.165, 1.54) is 12.1 Å². The van der Waals surface area contributed by atoms with E-state index in [-0.39, 0.29) is 11.6 Å². The van der Waals surface area contributed by atoms with Crippen LogP contribution in [-0.4, -0.2) is 29.7 Å². The molecular formula is C14H18F3N3O. The van der Waals surface area contributed by atoms with Crippen molar-refractivity contribution >= 4 is 5.84 Å². The summed E-state index contributed by atoms with van der Waals surface area (Å²) in [5.74, 6) is -0.0671. The summed E-state index contributed by atoms with van der Waals surface area (Å²) in [6.45, 7) is 1.34. The van der Waals surface area contributed by atoms with Crippen molar-refractivity contribution in [2.75, 3.05) is 6.54 Å². The molecule has 0 amide bonds. The van der Waals surface area contributed by atoms with Gasteiger partial charge in [-0.05, 0) is 30.5 Å². The molecule has 0 spiro atoms. The van der Waals surface area contributed by atoms with Crippen molar-refractivity contribution in [3.8, 4) is 5.75 Å². The number of hydrogen-bond donors (Lipinski definition) is 2. The molecule has 0 saturated heterocycles. The fourth-order valence-electron chi connectivity index (χ4n) is 2.13. The Hall–Kier alpha value is -1.76. The Kier molecular flexibility index (Phi) is 4.72. The number of benzene rings is 1. The molecule has 0 unspecified atom stereocenters. The van der Waals surface area contributed by atoms with E-state index < -0.39 is 6.36 Å². The highest BCUT2D eigenvalue weighted by Crippen LogP contribution is 2.29. The molecule has 1 aromatic carbocycles. The van der Waals surface area contributed by atoms with Crippen LogP contribution in [0.4, 0.5) is 13.2 Å². The molecule has 0 aromatic heterocycles. The van der Waals surface area contributed by atoms with Gasteiger partial charge < -0.3 is 10.5 Å². The Morgan fingerprint density at radius 1 is 1.29 bits per heavy atom. The Labute approximate surface area is 121 Å². The number of rotatable bonds is 7. The van der Waals surface area contributed by atoms with Gasteiger partial charge in [-0.1, -0.05) is 12.1 Å². The number of nitrogens with two attached hydrogens (primary N) is 1. The first-order valence-electron chi connectivity index (χ1n) is 6.75. The molecule has 116 valence electrons. The number of halogens is 3. The van der Waals surface area contributed by atoms with Gasteiger partial charge in [0.25, 0.3) is 0 Å². The van der Waals surface area contributed by atoms with Crippen molar-refractivity contribution in [2.24, 2.45) is 5.73 Å². The van der Waals surface area contributed by atoms with E-state index in [2.05, 4.69) is 9.64 Å². The minimum Gasteiger partial charge on any atom is -0.406 e. The van der Waals surface area contributed by atoms with Crippen LogP contribution in [0.3, 0.4) is 0 Å². The molecule has 4 nitrogen and oxygen atoms in total. The second kappa shape index (κ2) is 6.34. The third-order valence-electron chi connectivity index (χ3n) is 3.27. The summed E-state index contributed by atoms with van der Waals surface area (Å²) in [6.07, 6.45) is -1.92.